The van der Waals surface area contributed by atoms with Crippen LogP contribution >= 0.6 is 0 Å². The summed E-state index contributed by atoms with van der Waals surface area (Å²) in [5.74, 6) is 1.66. The molecule has 0 amide bonds. The highest BCUT2D eigenvalue weighted by Crippen LogP contribution is 2.26. The third-order valence-corrected chi connectivity index (χ3v) is 4.75. The normalized spacial score (nSPS) is 21.2. The molecule has 128 valence electrons. The molecule has 0 aromatic heterocycles. The van der Waals surface area contributed by atoms with Gasteiger partial charge < -0.3 is 14.9 Å². The Kier molecular flexibility index (Phi) is 4.90. The van der Waals surface area contributed by atoms with Gasteiger partial charge >= 0.3 is 0 Å². The second-order valence-electron chi connectivity index (χ2n) is 6.84. The maximum Gasteiger partial charge on any atom is 0.127 e. The molecule has 4 nitrogen and oxygen atoms in total. The molecule has 0 unspecified atom stereocenters. The van der Waals surface area contributed by atoms with E-state index in [2.05, 4.69) is 24.8 Å². The first kappa shape index (κ1) is 17.0. The van der Waals surface area contributed by atoms with Crippen molar-refractivity contribution in [2.75, 3.05) is 19.7 Å². The molecule has 1 aliphatic rings. The lowest BCUT2D eigenvalue weighted by atomic mass is 10.1. The summed E-state index contributed by atoms with van der Waals surface area (Å²) in [6.45, 7) is 6.08. The molecule has 1 heterocycles. The monoisotopic (exact) mass is 327 g/mol. The lowest BCUT2D eigenvalue weighted by molar-refractivity contribution is -0.00580. The van der Waals surface area contributed by atoms with E-state index >= 15 is 0 Å². The number of likely N-dealkylation sites (tertiary alicyclic amines) is 1. The van der Waals surface area contributed by atoms with E-state index in [4.69, 9.17) is 4.74 Å². The first-order chi connectivity index (χ1) is 11.5. The van der Waals surface area contributed by atoms with Crippen molar-refractivity contribution < 1.29 is 14.9 Å². The van der Waals surface area contributed by atoms with E-state index in [1.54, 1.807) is 0 Å². The molecule has 0 radical (unpaired) electrons. The molecule has 0 bridgehead atoms. The van der Waals surface area contributed by atoms with E-state index < -0.39 is 5.60 Å². The number of hydrogen-bond acceptors (Lipinski definition) is 4. The first-order valence-electron chi connectivity index (χ1n) is 8.37. The summed E-state index contributed by atoms with van der Waals surface area (Å²) < 4.78 is 5.90. The predicted molar refractivity (Wildman–Crippen MR) is 94.4 cm³/mol. The largest absolute Gasteiger partial charge is 0.457 e. The summed E-state index contributed by atoms with van der Waals surface area (Å²) in [6, 6.07) is 14.1. The third-order valence-electron chi connectivity index (χ3n) is 4.75. The van der Waals surface area contributed by atoms with Crippen LogP contribution in [-0.2, 0) is 6.54 Å². The maximum atomic E-state index is 10.1. The van der Waals surface area contributed by atoms with Crippen molar-refractivity contribution in [1.29, 1.82) is 0 Å². The molecule has 4 heteroatoms. The highest BCUT2D eigenvalue weighted by Gasteiger charge is 2.35. The average Bonchev–Trinajstić information content (AvgIpc) is 2.95. The van der Waals surface area contributed by atoms with Gasteiger partial charge in [0.25, 0.3) is 0 Å². The second kappa shape index (κ2) is 6.93. The molecule has 2 aromatic rings. The topological polar surface area (TPSA) is 52.9 Å². The number of benzene rings is 2. The number of β-amino-alcohol motifs (C(OH)–C–C–N with tert-alkyl or cyclic N) is 1. The van der Waals surface area contributed by atoms with E-state index in [0.29, 0.717) is 13.0 Å². The third kappa shape index (κ3) is 3.96. The Hall–Kier alpha value is -1.88. The fourth-order valence-electron chi connectivity index (χ4n) is 3.04. The van der Waals surface area contributed by atoms with Gasteiger partial charge in [-0.2, -0.15) is 0 Å². The van der Waals surface area contributed by atoms with Crippen LogP contribution in [0.2, 0.25) is 0 Å². The SMILES string of the molecule is Cc1ccc(Oc2ccc(CN3CC[C@@](O)(CO)C3)cc2)cc1C. The van der Waals surface area contributed by atoms with Crippen molar-refractivity contribution in [3.05, 3.63) is 59.2 Å². The molecular formula is C20H25NO3. The molecule has 0 saturated carbocycles. The van der Waals surface area contributed by atoms with Gasteiger partial charge in [0.05, 0.1) is 6.61 Å². The minimum Gasteiger partial charge on any atom is -0.457 e. The van der Waals surface area contributed by atoms with Gasteiger partial charge in [-0.05, 0) is 61.2 Å². The van der Waals surface area contributed by atoms with Crippen LogP contribution in [0.4, 0.5) is 0 Å². The van der Waals surface area contributed by atoms with Gasteiger partial charge in [-0.1, -0.05) is 18.2 Å². The Balaban J connectivity index is 1.60. The molecule has 2 N–H and O–H groups in total. The average molecular weight is 327 g/mol. The molecule has 1 fully saturated rings. The number of aliphatic hydroxyl groups is 2. The standard InChI is InChI=1S/C20H25NO3/c1-15-3-6-19(11-16(15)2)24-18-7-4-17(5-8-18)12-21-10-9-20(23,13-21)14-22/h3-8,11,22-23H,9-10,12-14H2,1-2H3/t20-/m0/s1. The summed E-state index contributed by atoms with van der Waals surface area (Å²) in [7, 11) is 0. The van der Waals surface area contributed by atoms with Gasteiger partial charge in [-0.3, -0.25) is 4.90 Å². The van der Waals surface area contributed by atoms with Crippen molar-refractivity contribution >= 4 is 0 Å². The lowest BCUT2D eigenvalue weighted by Gasteiger charge is -2.21. The quantitative estimate of drug-likeness (QED) is 0.886. The summed E-state index contributed by atoms with van der Waals surface area (Å²) >= 11 is 0. The van der Waals surface area contributed by atoms with Crippen LogP contribution < -0.4 is 4.74 Å². The van der Waals surface area contributed by atoms with Gasteiger partial charge in [0.15, 0.2) is 0 Å². The van der Waals surface area contributed by atoms with Crippen LogP contribution in [0.25, 0.3) is 0 Å². The number of aryl methyl sites for hydroxylation is 2. The second-order valence-corrected chi connectivity index (χ2v) is 6.84. The summed E-state index contributed by atoms with van der Waals surface area (Å²) in [4.78, 5) is 2.16. The minimum absolute atomic E-state index is 0.174. The van der Waals surface area contributed by atoms with Crippen molar-refractivity contribution in [1.82, 2.24) is 4.90 Å². The number of ether oxygens (including phenoxy) is 1. The lowest BCUT2D eigenvalue weighted by Crippen LogP contribution is -2.36. The highest BCUT2D eigenvalue weighted by molar-refractivity contribution is 5.38. The Bertz CT molecular complexity index is 699. The maximum absolute atomic E-state index is 10.1. The van der Waals surface area contributed by atoms with E-state index in [0.717, 1.165) is 24.6 Å². The number of hydrogen-bond donors (Lipinski definition) is 2. The first-order valence-corrected chi connectivity index (χ1v) is 8.37. The van der Waals surface area contributed by atoms with Crippen LogP contribution in [0, 0.1) is 13.8 Å². The summed E-state index contributed by atoms with van der Waals surface area (Å²) in [5, 5.41) is 19.3. The Morgan fingerprint density at radius 3 is 2.38 bits per heavy atom. The smallest absolute Gasteiger partial charge is 0.127 e. The van der Waals surface area contributed by atoms with E-state index in [1.807, 2.05) is 36.4 Å². The Morgan fingerprint density at radius 1 is 1.04 bits per heavy atom. The Morgan fingerprint density at radius 2 is 1.75 bits per heavy atom. The van der Waals surface area contributed by atoms with Crippen LogP contribution in [-0.4, -0.2) is 40.4 Å². The van der Waals surface area contributed by atoms with Crippen LogP contribution in [0.1, 0.15) is 23.1 Å². The van der Waals surface area contributed by atoms with Gasteiger partial charge in [0, 0.05) is 19.6 Å². The van der Waals surface area contributed by atoms with Crippen molar-refractivity contribution in [3.8, 4) is 11.5 Å². The minimum atomic E-state index is -0.938. The molecule has 1 saturated heterocycles. The van der Waals surface area contributed by atoms with E-state index in [-0.39, 0.29) is 6.61 Å². The summed E-state index contributed by atoms with van der Waals surface area (Å²) in [6.07, 6.45) is 0.622. The van der Waals surface area contributed by atoms with Gasteiger partial charge in [0.1, 0.15) is 17.1 Å². The Labute approximate surface area is 143 Å². The van der Waals surface area contributed by atoms with E-state index in [9.17, 15) is 10.2 Å². The highest BCUT2D eigenvalue weighted by atomic mass is 16.5. The van der Waals surface area contributed by atoms with Crippen molar-refractivity contribution in [3.63, 3.8) is 0 Å². The fourth-order valence-corrected chi connectivity index (χ4v) is 3.04. The van der Waals surface area contributed by atoms with Gasteiger partial charge in [-0.25, -0.2) is 0 Å². The van der Waals surface area contributed by atoms with Crippen molar-refractivity contribution in [2.24, 2.45) is 0 Å². The molecular weight excluding hydrogens is 302 g/mol. The fraction of sp³-hybridized carbons (Fsp3) is 0.400. The van der Waals surface area contributed by atoms with Gasteiger partial charge in [0.2, 0.25) is 0 Å². The molecule has 24 heavy (non-hydrogen) atoms. The van der Waals surface area contributed by atoms with Crippen LogP contribution in [0.3, 0.4) is 0 Å². The number of nitrogens with zero attached hydrogens (tertiary/aromatic N) is 1. The van der Waals surface area contributed by atoms with E-state index in [1.165, 1.54) is 16.7 Å². The number of aliphatic hydroxyl groups excluding tert-OH is 1. The van der Waals surface area contributed by atoms with Gasteiger partial charge in [-0.15, -0.1) is 0 Å². The van der Waals surface area contributed by atoms with Crippen LogP contribution in [0.15, 0.2) is 42.5 Å². The molecule has 3 rings (SSSR count). The molecule has 1 aliphatic heterocycles. The zero-order valence-electron chi connectivity index (χ0n) is 14.3. The summed E-state index contributed by atoms with van der Waals surface area (Å²) in [5.41, 5.74) is 2.71. The molecule has 0 spiro atoms. The van der Waals surface area contributed by atoms with Crippen molar-refractivity contribution in [2.45, 2.75) is 32.4 Å². The molecule has 0 aliphatic carbocycles. The zero-order chi connectivity index (χ0) is 17.2. The molecule has 1 atom stereocenters. The molecule has 2 aromatic carbocycles. The predicted octanol–water partition coefficient (Wildman–Crippen LogP) is 3.02. The van der Waals surface area contributed by atoms with Crippen LogP contribution in [0.5, 0.6) is 11.5 Å². The zero-order valence-corrected chi connectivity index (χ0v) is 14.3. The number of rotatable bonds is 5.